The summed E-state index contributed by atoms with van der Waals surface area (Å²) >= 11 is 3.15. The van der Waals surface area contributed by atoms with E-state index < -0.39 is 0 Å². The molecule has 47 valence electrons. The zero-order valence-electron chi connectivity index (χ0n) is 4.76. The number of hydrogen-bond acceptors (Lipinski definition) is 3. The van der Waals surface area contributed by atoms with Crippen molar-refractivity contribution in [2.75, 3.05) is 7.11 Å². The van der Waals surface area contributed by atoms with Crippen molar-refractivity contribution in [2.24, 2.45) is 0 Å². The minimum absolute atomic E-state index is 0.619. The Bertz CT molecular complexity index is 204. The van der Waals surface area contributed by atoms with E-state index in [1.807, 2.05) is 0 Å². The predicted octanol–water partition coefficient (Wildman–Crippen LogP) is 1.05. The number of nitrogens with zero attached hydrogens (tertiary/aromatic N) is 2. The lowest BCUT2D eigenvalue weighted by Crippen LogP contribution is -1.87. The van der Waals surface area contributed by atoms with Crippen LogP contribution in [0.3, 0.4) is 0 Å². The Labute approximate surface area is 61.2 Å². The molecule has 0 bridgehead atoms. The van der Waals surface area contributed by atoms with Crippen molar-refractivity contribution in [3.05, 3.63) is 17.1 Å². The normalized spacial score (nSPS) is 9.11. The maximum atomic E-state index is 4.85. The molecule has 3 nitrogen and oxygen atoms in total. The van der Waals surface area contributed by atoms with Crippen LogP contribution in [0.5, 0.6) is 5.75 Å². The third-order valence-corrected chi connectivity index (χ3v) is 1.38. The lowest BCUT2D eigenvalue weighted by Gasteiger charge is -1.96. The van der Waals surface area contributed by atoms with E-state index >= 15 is 0 Å². The van der Waals surface area contributed by atoms with Crippen LogP contribution in [0.1, 0.15) is 0 Å². The zero-order chi connectivity index (χ0) is 6.69. The van der Waals surface area contributed by atoms with Crippen molar-refractivity contribution in [3.8, 4) is 5.75 Å². The molecular formula is C5H4BrN2O. The van der Waals surface area contributed by atoms with Gasteiger partial charge in [-0.15, -0.1) is 0 Å². The summed E-state index contributed by atoms with van der Waals surface area (Å²) in [6, 6.07) is 0. The summed E-state index contributed by atoms with van der Waals surface area (Å²) < 4.78 is 5.48. The van der Waals surface area contributed by atoms with Gasteiger partial charge in [0, 0.05) is 0 Å². The molecule has 1 radical (unpaired) electrons. The van der Waals surface area contributed by atoms with Crippen LogP contribution in [-0.2, 0) is 0 Å². The van der Waals surface area contributed by atoms with Gasteiger partial charge in [0.1, 0.15) is 0 Å². The molecule has 1 aromatic rings. The summed E-state index contributed by atoms with van der Waals surface area (Å²) in [5.74, 6) is 0.619. The van der Waals surface area contributed by atoms with Gasteiger partial charge in [0.15, 0.2) is 16.7 Å². The molecular weight excluding hydrogens is 184 g/mol. The number of methoxy groups -OCH3 is 1. The van der Waals surface area contributed by atoms with E-state index in [0.717, 1.165) is 0 Å². The largest absolute Gasteiger partial charge is 0.492 e. The van der Waals surface area contributed by atoms with Crippen LogP contribution in [0.15, 0.2) is 10.8 Å². The monoisotopic (exact) mass is 187 g/mol. The molecule has 0 aliphatic rings. The first-order valence-electron chi connectivity index (χ1n) is 2.27. The van der Waals surface area contributed by atoms with Crippen molar-refractivity contribution < 1.29 is 4.74 Å². The van der Waals surface area contributed by atoms with Crippen LogP contribution in [0.2, 0.25) is 0 Å². The Balaban J connectivity index is 3.01. The number of aromatic nitrogens is 2. The first-order valence-corrected chi connectivity index (χ1v) is 3.06. The molecule has 0 amide bonds. The van der Waals surface area contributed by atoms with Gasteiger partial charge < -0.3 is 4.74 Å². The third-order valence-electron chi connectivity index (χ3n) is 0.811. The lowest BCUT2D eigenvalue weighted by molar-refractivity contribution is 0.407. The molecule has 0 N–H and O–H groups in total. The molecule has 0 saturated heterocycles. The van der Waals surface area contributed by atoms with Crippen molar-refractivity contribution >= 4 is 15.9 Å². The summed E-state index contributed by atoms with van der Waals surface area (Å²) in [4.78, 5) is 7.33. The maximum absolute atomic E-state index is 4.85. The highest BCUT2D eigenvalue weighted by Gasteiger charge is 1.96. The topological polar surface area (TPSA) is 35.0 Å². The maximum Gasteiger partial charge on any atom is 0.199 e. The zero-order valence-corrected chi connectivity index (χ0v) is 6.34. The van der Waals surface area contributed by atoms with E-state index in [9.17, 15) is 0 Å². The van der Waals surface area contributed by atoms with E-state index in [2.05, 4.69) is 32.2 Å². The molecule has 1 rings (SSSR count). The highest BCUT2D eigenvalue weighted by Crippen LogP contribution is 2.18. The minimum atomic E-state index is 0.619. The molecule has 0 aliphatic carbocycles. The second kappa shape index (κ2) is 2.77. The molecule has 4 heteroatoms. The number of hydrogen-bond donors (Lipinski definition) is 0. The van der Waals surface area contributed by atoms with Crippen LogP contribution in [0, 0.1) is 6.33 Å². The van der Waals surface area contributed by atoms with Gasteiger partial charge in [-0.1, -0.05) is 0 Å². The van der Waals surface area contributed by atoms with Crippen molar-refractivity contribution in [1.29, 1.82) is 0 Å². The average Bonchev–Trinajstić information content (AvgIpc) is 1.89. The molecule has 0 fully saturated rings. The summed E-state index contributed by atoms with van der Waals surface area (Å²) in [7, 11) is 1.56. The number of ether oxygens (including phenoxy) is 1. The van der Waals surface area contributed by atoms with Crippen LogP contribution < -0.4 is 4.74 Å². The fourth-order valence-electron chi connectivity index (χ4n) is 0.406. The Morgan fingerprint density at radius 1 is 1.78 bits per heavy atom. The van der Waals surface area contributed by atoms with Crippen LogP contribution in [0.4, 0.5) is 0 Å². The number of halogens is 1. The van der Waals surface area contributed by atoms with Gasteiger partial charge in [0.25, 0.3) is 0 Å². The second-order valence-electron chi connectivity index (χ2n) is 1.33. The molecule has 1 heterocycles. The molecule has 0 saturated carbocycles. The summed E-state index contributed by atoms with van der Waals surface area (Å²) in [6.45, 7) is 0. The van der Waals surface area contributed by atoms with Gasteiger partial charge in [-0.05, 0) is 15.9 Å². The second-order valence-corrected chi connectivity index (χ2v) is 2.08. The molecule has 0 aromatic carbocycles. The standard InChI is InChI=1S/C5H4BrN2O/c1-9-4-2-7-3-8-5(4)6/h2H,1H3. The molecule has 0 atom stereocenters. The van der Waals surface area contributed by atoms with Crippen molar-refractivity contribution in [1.82, 2.24) is 9.97 Å². The fourth-order valence-corrected chi connectivity index (χ4v) is 0.749. The molecule has 0 spiro atoms. The smallest absolute Gasteiger partial charge is 0.199 e. The molecule has 9 heavy (non-hydrogen) atoms. The highest BCUT2D eigenvalue weighted by molar-refractivity contribution is 9.10. The van der Waals surface area contributed by atoms with Crippen LogP contribution in [0.25, 0.3) is 0 Å². The van der Waals surface area contributed by atoms with Crippen molar-refractivity contribution in [2.45, 2.75) is 0 Å². The molecule has 1 aromatic heterocycles. The summed E-state index contributed by atoms with van der Waals surface area (Å²) in [6.07, 6.45) is 3.95. The van der Waals surface area contributed by atoms with E-state index in [4.69, 9.17) is 4.74 Å². The van der Waals surface area contributed by atoms with E-state index in [1.54, 1.807) is 7.11 Å². The van der Waals surface area contributed by atoms with Gasteiger partial charge in [0.2, 0.25) is 0 Å². The summed E-state index contributed by atoms with van der Waals surface area (Å²) in [5.41, 5.74) is 0. The van der Waals surface area contributed by atoms with Gasteiger partial charge >= 0.3 is 0 Å². The third kappa shape index (κ3) is 1.38. The molecule has 0 aliphatic heterocycles. The quantitative estimate of drug-likeness (QED) is 0.617. The average molecular weight is 188 g/mol. The van der Waals surface area contributed by atoms with Crippen LogP contribution in [-0.4, -0.2) is 17.1 Å². The Morgan fingerprint density at radius 2 is 2.56 bits per heavy atom. The first-order chi connectivity index (χ1) is 4.34. The molecule has 0 unspecified atom stereocenters. The van der Waals surface area contributed by atoms with E-state index in [-0.39, 0.29) is 0 Å². The van der Waals surface area contributed by atoms with Gasteiger partial charge in [-0.2, -0.15) is 0 Å². The van der Waals surface area contributed by atoms with Gasteiger partial charge in [-0.25, -0.2) is 9.97 Å². The highest BCUT2D eigenvalue weighted by atomic mass is 79.9. The predicted molar refractivity (Wildman–Crippen MR) is 35.1 cm³/mol. The fraction of sp³-hybridized carbons (Fsp3) is 0.200. The number of rotatable bonds is 1. The Morgan fingerprint density at radius 3 is 3.00 bits per heavy atom. The van der Waals surface area contributed by atoms with E-state index in [1.165, 1.54) is 6.20 Å². The van der Waals surface area contributed by atoms with Gasteiger partial charge in [0.05, 0.1) is 13.3 Å². The lowest BCUT2D eigenvalue weighted by atomic mass is 10.6. The van der Waals surface area contributed by atoms with Crippen molar-refractivity contribution in [3.63, 3.8) is 0 Å². The Hall–Kier alpha value is -0.640. The van der Waals surface area contributed by atoms with Gasteiger partial charge in [-0.3, -0.25) is 0 Å². The minimum Gasteiger partial charge on any atom is -0.492 e. The Kier molecular flexibility index (Phi) is 2.00. The first kappa shape index (κ1) is 6.48. The summed E-state index contributed by atoms with van der Waals surface area (Å²) in [5, 5.41) is 0. The SMILES string of the molecule is COc1cn[c]nc1Br. The van der Waals surface area contributed by atoms with Crippen LogP contribution >= 0.6 is 15.9 Å². The van der Waals surface area contributed by atoms with E-state index in [0.29, 0.717) is 10.4 Å².